The van der Waals surface area contributed by atoms with Crippen molar-refractivity contribution in [3.05, 3.63) is 38.0 Å². The third-order valence-corrected chi connectivity index (χ3v) is 5.87. The Kier molecular flexibility index (Phi) is 5.14. The van der Waals surface area contributed by atoms with Gasteiger partial charge in [-0.2, -0.15) is 0 Å². The van der Waals surface area contributed by atoms with Gasteiger partial charge in [0, 0.05) is 27.8 Å². The molecule has 124 valence electrons. The first-order valence-electron chi connectivity index (χ1n) is 7.98. The van der Waals surface area contributed by atoms with Gasteiger partial charge in [0.1, 0.15) is 16.8 Å². The van der Waals surface area contributed by atoms with Crippen molar-refractivity contribution >= 4 is 28.6 Å². The van der Waals surface area contributed by atoms with Crippen molar-refractivity contribution in [2.75, 3.05) is 6.61 Å². The summed E-state index contributed by atoms with van der Waals surface area (Å²) >= 11 is 3.27. The summed E-state index contributed by atoms with van der Waals surface area (Å²) in [4.78, 5) is 21.8. The molecule has 0 bridgehead atoms. The van der Waals surface area contributed by atoms with Crippen LogP contribution in [-0.2, 0) is 11.3 Å². The van der Waals surface area contributed by atoms with Gasteiger partial charge in [0.05, 0.1) is 6.54 Å². The third kappa shape index (κ3) is 3.82. The second-order valence-corrected chi connectivity index (χ2v) is 8.37. The number of aryl methyl sites for hydroxylation is 1. The molecule has 2 aromatic heterocycles. The maximum atomic E-state index is 12.9. The zero-order chi connectivity index (χ0) is 16.4. The van der Waals surface area contributed by atoms with Crippen molar-refractivity contribution in [2.24, 2.45) is 0 Å². The number of ether oxygens (including phenoxy) is 1. The van der Waals surface area contributed by atoms with Crippen LogP contribution >= 0.6 is 22.7 Å². The predicted octanol–water partition coefficient (Wildman–Crippen LogP) is 4.42. The van der Waals surface area contributed by atoms with E-state index in [9.17, 15) is 4.79 Å². The monoisotopic (exact) mass is 350 g/mol. The second kappa shape index (κ2) is 7.11. The molecule has 1 unspecified atom stereocenters. The van der Waals surface area contributed by atoms with Crippen LogP contribution in [0.2, 0.25) is 0 Å². The molecule has 2 aromatic rings. The topological polar surface area (TPSA) is 42.4 Å². The number of hydrogen-bond donors (Lipinski definition) is 0. The summed E-state index contributed by atoms with van der Waals surface area (Å²) in [5, 5.41) is 2.80. The lowest BCUT2D eigenvalue weighted by Crippen LogP contribution is -2.36. The van der Waals surface area contributed by atoms with E-state index in [0.717, 1.165) is 24.5 Å². The number of thiophene rings is 1. The first kappa shape index (κ1) is 16.6. The Morgan fingerprint density at radius 1 is 1.48 bits per heavy atom. The second-order valence-electron chi connectivity index (χ2n) is 6.11. The lowest BCUT2D eigenvalue weighted by atomic mass is 10.2. The quantitative estimate of drug-likeness (QED) is 0.802. The summed E-state index contributed by atoms with van der Waals surface area (Å²) < 4.78 is 5.66. The molecule has 23 heavy (non-hydrogen) atoms. The molecule has 1 aliphatic rings. The van der Waals surface area contributed by atoms with Gasteiger partial charge in [-0.25, -0.2) is 4.98 Å². The third-order valence-electron chi connectivity index (χ3n) is 3.95. The fourth-order valence-corrected chi connectivity index (χ4v) is 4.44. The highest BCUT2D eigenvalue weighted by Crippen LogP contribution is 2.31. The van der Waals surface area contributed by atoms with Crippen LogP contribution in [0.25, 0.3) is 0 Å². The van der Waals surface area contributed by atoms with Gasteiger partial charge >= 0.3 is 0 Å². The number of thiazole rings is 1. The van der Waals surface area contributed by atoms with E-state index in [4.69, 9.17) is 4.74 Å². The molecular weight excluding hydrogens is 328 g/mol. The Morgan fingerprint density at radius 2 is 2.30 bits per heavy atom. The first-order valence-corrected chi connectivity index (χ1v) is 9.67. The van der Waals surface area contributed by atoms with Crippen molar-refractivity contribution in [1.82, 2.24) is 9.88 Å². The molecule has 1 aliphatic heterocycles. The summed E-state index contributed by atoms with van der Waals surface area (Å²) in [6.07, 6.45) is 2.15. The van der Waals surface area contributed by atoms with Gasteiger partial charge in [-0.1, -0.05) is 0 Å². The fraction of sp³-hybridized carbons (Fsp3) is 0.529. The summed E-state index contributed by atoms with van der Waals surface area (Å²) in [5.74, 6) is 0.00606. The molecule has 3 rings (SSSR count). The highest BCUT2D eigenvalue weighted by Gasteiger charge is 2.25. The molecule has 0 spiro atoms. The van der Waals surface area contributed by atoms with Gasteiger partial charge in [0.25, 0.3) is 5.91 Å². The van der Waals surface area contributed by atoms with E-state index in [1.165, 1.54) is 21.1 Å². The van der Waals surface area contributed by atoms with Gasteiger partial charge in [-0.05, 0) is 45.7 Å². The standard InChI is InChI=1S/C17H22N2O2S2/c1-11(2)19(9-13-7-6-12(3)23-13)17(20)14-10-22-16(18-14)15-5-4-8-21-15/h6-7,10-11,15H,4-5,8-9H2,1-3H3. The summed E-state index contributed by atoms with van der Waals surface area (Å²) in [6, 6.07) is 4.33. The predicted molar refractivity (Wildman–Crippen MR) is 94.1 cm³/mol. The number of hydrogen-bond acceptors (Lipinski definition) is 5. The largest absolute Gasteiger partial charge is 0.371 e. The zero-order valence-corrected chi connectivity index (χ0v) is 15.4. The molecule has 3 heterocycles. The minimum absolute atomic E-state index is 0.00606. The van der Waals surface area contributed by atoms with Crippen LogP contribution in [0, 0.1) is 6.92 Å². The van der Waals surface area contributed by atoms with Crippen LogP contribution in [0.15, 0.2) is 17.5 Å². The maximum absolute atomic E-state index is 12.9. The minimum atomic E-state index is 0.00606. The van der Waals surface area contributed by atoms with Crippen LogP contribution in [0.1, 0.15) is 58.0 Å². The normalized spacial score (nSPS) is 17.8. The molecule has 0 saturated carbocycles. The zero-order valence-electron chi connectivity index (χ0n) is 13.7. The van der Waals surface area contributed by atoms with E-state index in [1.807, 2.05) is 24.1 Å². The van der Waals surface area contributed by atoms with E-state index in [1.54, 1.807) is 11.3 Å². The minimum Gasteiger partial charge on any atom is -0.371 e. The van der Waals surface area contributed by atoms with Gasteiger partial charge in [0.2, 0.25) is 0 Å². The Balaban J connectivity index is 1.75. The lowest BCUT2D eigenvalue weighted by molar-refractivity contribution is 0.0685. The molecular formula is C17H22N2O2S2. The molecule has 1 saturated heterocycles. The number of amides is 1. The Morgan fingerprint density at radius 3 is 2.91 bits per heavy atom. The van der Waals surface area contributed by atoms with E-state index < -0.39 is 0 Å². The molecule has 0 N–H and O–H groups in total. The van der Waals surface area contributed by atoms with Crippen molar-refractivity contribution in [3.8, 4) is 0 Å². The van der Waals surface area contributed by atoms with Crippen LogP contribution in [0.5, 0.6) is 0 Å². The molecule has 0 aliphatic carbocycles. The van der Waals surface area contributed by atoms with Crippen LogP contribution in [0.3, 0.4) is 0 Å². The van der Waals surface area contributed by atoms with Gasteiger partial charge in [-0.15, -0.1) is 22.7 Å². The average Bonchev–Trinajstić information content (AvgIpc) is 3.24. The SMILES string of the molecule is Cc1ccc(CN(C(=O)c2csc(C3CCCO3)n2)C(C)C)s1. The van der Waals surface area contributed by atoms with E-state index >= 15 is 0 Å². The molecule has 4 nitrogen and oxygen atoms in total. The van der Waals surface area contributed by atoms with E-state index in [2.05, 4.69) is 24.0 Å². The van der Waals surface area contributed by atoms with Gasteiger partial charge in [-0.3, -0.25) is 4.79 Å². The van der Waals surface area contributed by atoms with Crippen molar-refractivity contribution in [1.29, 1.82) is 0 Å². The molecule has 1 amide bonds. The van der Waals surface area contributed by atoms with Crippen LogP contribution in [-0.4, -0.2) is 28.4 Å². The highest BCUT2D eigenvalue weighted by molar-refractivity contribution is 7.11. The average molecular weight is 351 g/mol. The molecule has 0 aromatic carbocycles. The highest BCUT2D eigenvalue weighted by atomic mass is 32.1. The van der Waals surface area contributed by atoms with Crippen molar-refractivity contribution < 1.29 is 9.53 Å². The summed E-state index contributed by atoms with van der Waals surface area (Å²) in [5.41, 5.74) is 0.544. The fourth-order valence-electron chi connectivity index (χ4n) is 2.68. The number of carbonyl (C=O) groups is 1. The molecule has 6 heteroatoms. The number of aromatic nitrogens is 1. The van der Waals surface area contributed by atoms with Crippen molar-refractivity contribution in [2.45, 2.75) is 52.3 Å². The molecule has 1 fully saturated rings. The number of rotatable bonds is 5. The Labute approximate surface area is 145 Å². The van der Waals surface area contributed by atoms with E-state index in [0.29, 0.717) is 12.2 Å². The smallest absolute Gasteiger partial charge is 0.273 e. The summed E-state index contributed by atoms with van der Waals surface area (Å²) in [7, 11) is 0. The number of nitrogens with zero attached hydrogens (tertiary/aromatic N) is 2. The summed E-state index contributed by atoms with van der Waals surface area (Å²) in [6.45, 7) is 7.62. The number of carbonyl (C=O) groups excluding carboxylic acids is 1. The Hall–Kier alpha value is -1.24. The first-order chi connectivity index (χ1) is 11.0. The Bertz CT molecular complexity index is 672. The van der Waals surface area contributed by atoms with Crippen LogP contribution < -0.4 is 0 Å². The van der Waals surface area contributed by atoms with E-state index in [-0.39, 0.29) is 18.1 Å². The molecule has 0 radical (unpaired) electrons. The molecule has 1 atom stereocenters. The van der Waals surface area contributed by atoms with Crippen LogP contribution in [0.4, 0.5) is 0 Å². The van der Waals surface area contributed by atoms with Gasteiger partial charge in [0.15, 0.2) is 0 Å². The van der Waals surface area contributed by atoms with Crippen molar-refractivity contribution in [3.63, 3.8) is 0 Å². The van der Waals surface area contributed by atoms with Gasteiger partial charge < -0.3 is 9.64 Å². The maximum Gasteiger partial charge on any atom is 0.273 e. The lowest BCUT2D eigenvalue weighted by Gasteiger charge is -2.25.